The van der Waals surface area contributed by atoms with E-state index in [0.717, 1.165) is 23.9 Å². The third kappa shape index (κ3) is 4.37. The van der Waals surface area contributed by atoms with Gasteiger partial charge in [-0.3, -0.25) is 0 Å². The van der Waals surface area contributed by atoms with Crippen molar-refractivity contribution < 1.29 is 8.42 Å². The van der Waals surface area contributed by atoms with Crippen molar-refractivity contribution in [2.75, 3.05) is 24.5 Å². The minimum absolute atomic E-state index is 0.0183. The van der Waals surface area contributed by atoms with Gasteiger partial charge in [-0.1, -0.05) is 12.1 Å². The van der Waals surface area contributed by atoms with Crippen LogP contribution in [0.15, 0.2) is 34.5 Å². The third-order valence-electron chi connectivity index (χ3n) is 4.14. The Morgan fingerprint density at radius 3 is 2.76 bits per heavy atom. The van der Waals surface area contributed by atoms with Gasteiger partial charge in [-0.2, -0.15) is 5.26 Å². The standard InChI is InChI=1S/C17H20N4O2S2/c18-12-14-6-2-3-7-16(14)25(22,23)19-9-8-15-13-24-17(20-15)21-10-4-1-5-11-21/h2-3,6-7,13,19H,1,4-5,8-11H2. The van der Waals surface area contributed by atoms with Crippen LogP contribution in [0.1, 0.15) is 30.5 Å². The quantitative estimate of drug-likeness (QED) is 0.837. The Bertz CT molecular complexity index is 865. The predicted molar refractivity (Wildman–Crippen MR) is 98.2 cm³/mol. The summed E-state index contributed by atoms with van der Waals surface area (Å²) in [6, 6.07) is 8.12. The monoisotopic (exact) mass is 376 g/mol. The van der Waals surface area contributed by atoms with Gasteiger partial charge in [0.2, 0.25) is 10.0 Å². The molecule has 0 unspecified atom stereocenters. The molecule has 1 saturated heterocycles. The fourth-order valence-electron chi connectivity index (χ4n) is 2.83. The van der Waals surface area contributed by atoms with E-state index in [1.54, 1.807) is 23.5 Å². The normalized spacial score (nSPS) is 15.1. The average Bonchev–Trinajstić information content (AvgIpc) is 3.11. The van der Waals surface area contributed by atoms with Crippen molar-refractivity contribution in [2.24, 2.45) is 0 Å². The Hall–Kier alpha value is -1.95. The molecule has 0 bridgehead atoms. The second-order valence-electron chi connectivity index (χ2n) is 5.92. The SMILES string of the molecule is N#Cc1ccccc1S(=O)(=O)NCCc1csc(N2CCCCC2)n1. The lowest BCUT2D eigenvalue weighted by atomic mass is 10.1. The van der Waals surface area contributed by atoms with Gasteiger partial charge in [-0.25, -0.2) is 18.1 Å². The van der Waals surface area contributed by atoms with Gasteiger partial charge in [0.15, 0.2) is 5.13 Å². The fourth-order valence-corrected chi connectivity index (χ4v) is 4.93. The molecule has 1 aliphatic heterocycles. The van der Waals surface area contributed by atoms with Crippen LogP contribution in [0.4, 0.5) is 5.13 Å². The third-order valence-corrected chi connectivity index (χ3v) is 6.61. The average molecular weight is 377 g/mol. The number of hydrogen-bond acceptors (Lipinski definition) is 6. The van der Waals surface area contributed by atoms with Crippen molar-refractivity contribution in [1.82, 2.24) is 9.71 Å². The molecule has 0 spiro atoms. The minimum Gasteiger partial charge on any atom is -0.348 e. The molecule has 1 N–H and O–H groups in total. The van der Waals surface area contributed by atoms with Crippen molar-refractivity contribution in [1.29, 1.82) is 5.26 Å². The van der Waals surface area contributed by atoms with Crippen LogP contribution in [0.3, 0.4) is 0 Å². The number of aromatic nitrogens is 1. The Balaban J connectivity index is 1.59. The Labute approximate surface area is 152 Å². The lowest BCUT2D eigenvalue weighted by Gasteiger charge is -2.25. The Kier molecular flexibility index (Phi) is 5.68. The summed E-state index contributed by atoms with van der Waals surface area (Å²) in [7, 11) is -3.69. The lowest BCUT2D eigenvalue weighted by molar-refractivity contribution is 0.575. The second kappa shape index (κ2) is 7.95. The molecule has 1 fully saturated rings. The number of thiazole rings is 1. The van der Waals surface area contributed by atoms with Crippen LogP contribution in [0, 0.1) is 11.3 Å². The molecular formula is C17H20N4O2S2. The van der Waals surface area contributed by atoms with Crippen LogP contribution in [0.2, 0.25) is 0 Å². The zero-order valence-corrected chi connectivity index (χ0v) is 15.4. The molecular weight excluding hydrogens is 356 g/mol. The van der Waals surface area contributed by atoms with Gasteiger partial charge in [0.25, 0.3) is 0 Å². The van der Waals surface area contributed by atoms with Crippen LogP contribution < -0.4 is 9.62 Å². The van der Waals surface area contributed by atoms with Crippen LogP contribution >= 0.6 is 11.3 Å². The summed E-state index contributed by atoms with van der Waals surface area (Å²) >= 11 is 1.61. The highest BCUT2D eigenvalue weighted by molar-refractivity contribution is 7.89. The number of piperidine rings is 1. The van der Waals surface area contributed by atoms with Crippen molar-refractivity contribution in [3.05, 3.63) is 40.9 Å². The topological polar surface area (TPSA) is 86.1 Å². The molecule has 0 atom stereocenters. The minimum atomic E-state index is -3.69. The molecule has 2 aromatic rings. The first kappa shape index (κ1) is 17.9. The predicted octanol–water partition coefficient (Wildman–Crippen LogP) is 2.53. The first-order valence-corrected chi connectivity index (χ1v) is 10.6. The summed E-state index contributed by atoms with van der Waals surface area (Å²) in [6.45, 7) is 2.35. The number of nitrogens with zero attached hydrogens (tertiary/aromatic N) is 3. The van der Waals surface area contributed by atoms with E-state index in [1.165, 1.54) is 31.4 Å². The lowest BCUT2D eigenvalue weighted by Crippen LogP contribution is -2.29. The summed E-state index contributed by atoms with van der Waals surface area (Å²) in [5, 5.41) is 12.1. The summed E-state index contributed by atoms with van der Waals surface area (Å²) < 4.78 is 27.3. The number of benzene rings is 1. The van der Waals surface area contributed by atoms with E-state index in [-0.39, 0.29) is 17.0 Å². The maximum atomic E-state index is 12.4. The maximum Gasteiger partial charge on any atom is 0.241 e. The van der Waals surface area contributed by atoms with Crippen LogP contribution in [-0.4, -0.2) is 33.0 Å². The molecule has 0 amide bonds. The second-order valence-corrected chi connectivity index (χ2v) is 8.50. The van der Waals surface area contributed by atoms with Crippen molar-refractivity contribution in [3.8, 4) is 6.07 Å². The van der Waals surface area contributed by atoms with Crippen LogP contribution in [-0.2, 0) is 16.4 Å². The Morgan fingerprint density at radius 2 is 2.00 bits per heavy atom. The largest absolute Gasteiger partial charge is 0.348 e. The molecule has 25 heavy (non-hydrogen) atoms. The van der Waals surface area contributed by atoms with Crippen molar-refractivity contribution in [3.63, 3.8) is 0 Å². The van der Waals surface area contributed by atoms with E-state index in [4.69, 9.17) is 5.26 Å². The van der Waals surface area contributed by atoms with Gasteiger partial charge < -0.3 is 4.90 Å². The summed E-state index contributed by atoms with van der Waals surface area (Å²) in [6.07, 6.45) is 4.21. The molecule has 0 aliphatic carbocycles. The van der Waals surface area contributed by atoms with Crippen molar-refractivity contribution in [2.45, 2.75) is 30.6 Å². The smallest absolute Gasteiger partial charge is 0.241 e. The molecule has 1 aromatic carbocycles. The van der Waals surface area contributed by atoms with E-state index in [1.807, 2.05) is 11.4 Å². The number of nitriles is 1. The van der Waals surface area contributed by atoms with Crippen LogP contribution in [0.5, 0.6) is 0 Å². The van der Waals surface area contributed by atoms with Gasteiger partial charge in [0.05, 0.1) is 16.2 Å². The molecule has 8 heteroatoms. The molecule has 1 aliphatic rings. The molecule has 0 saturated carbocycles. The highest BCUT2D eigenvalue weighted by atomic mass is 32.2. The van der Waals surface area contributed by atoms with E-state index >= 15 is 0 Å². The van der Waals surface area contributed by atoms with Gasteiger partial charge in [0, 0.05) is 31.4 Å². The molecule has 132 valence electrons. The number of rotatable bonds is 6. The number of sulfonamides is 1. The summed E-state index contributed by atoms with van der Waals surface area (Å²) in [5.74, 6) is 0. The van der Waals surface area contributed by atoms with E-state index in [0.29, 0.717) is 6.42 Å². The molecule has 0 radical (unpaired) electrons. The maximum absolute atomic E-state index is 12.4. The molecule has 3 rings (SSSR count). The van der Waals surface area contributed by atoms with Crippen molar-refractivity contribution >= 4 is 26.5 Å². The van der Waals surface area contributed by atoms with Gasteiger partial charge in [0.1, 0.15) is 6.07 Å². The van der Waals surface area contributed by atoms with E-state index < -0.39 is 10.0 Å². The molecule has 6 nitrogen and oxygen atoms in total. The van der Waals surface area contributed by atoms with Crippen LogP contribution in [0.25, 0.3) is 0 Å². The first-order valence-electron chi connectivity index (χ1n) is 8.28. The zero-order valence-electron chi connectivity index (χ0n) is 13.8. The number of anilines is 1. The first-order chi connectivity index (χ1) is 12.1. The summed E-state index contributed by atoms with van der Waals surface area (Å²) in [4.78, 5) is 6.93. The number of hydrogen-bond donors (Lipinski definition) is 1. The number of nitrogens with one attached hydrogen (secondary N) is 1. The van der Waals surface area contributed by atoms with E-state index in [2.05, 4.69) is 14.6 Å². The zero-order chi connectivity index (χ0) is 17.7. The van der Waals surface area contributed by atoms with Gasteiger partial charge in [-0.05, 0) is 31.4 Å². The van der Waals surface area contributed by atoms with Gasteiger partial charge >= 0.3 is 0 Å². The highest BCUT2D eigenvalue weighted by Crippen LogP contribution is 2.24. The highest BCUT2D eigenvalue weighted by Gasteiger charge is 2.18. The fraction of sp³-hybridized carbons (Fsp3) is 0.412. The molecule has 1 aromatic heterocycles. The molecule has 2 heterocycles. The van der Waals surface area contributed by atoms with Gasteiger partial charge in [-0.15, -0.1) is 11.3 Å². The van der Waals surface area contributed by atoms with E-state index in [9.17, 15) is 8.42 Å². The summed E-state index contributed by atoms with van der Waals surface area (Å²) in [5.41, 5.74) is 1.04. The Morgan fingerprint density at radius 1 is 1.24 bits per heavy atom.